The van der Waals surface area contributed by atoms with Crippen LogP contribution < -0.4 is 5.73 Å². The third-order valence-corrected chi connectivity index (χ3v) is 2.23. The summed E-state index contributed by atoms with van der Waals surface area (Å²) in [6.45, 7) is 2.15. The Morgan fingerprint density at radius 2 is 2.19 bits per heavy atom. The second-order valence-electron chi connectivity index (χ2n) is 3.50. The third kappa shape index (κ3) is 2.09. The van der Waals surface area contributed by atoms with Crippen molar-refractivity contribution in [1.82, 2.24) is 10.2 Å². The lowest BCUT2D eigenvalue weighted by atomic mass is 10.1. The molecule has 0 bridgehead atoms. The molecule has 0 aliphatic rings. The highest BCUT2D eigenvalue weighted by Crippen LogP contribution is 2.20. The molecule has 0 saturated carbocycles. The Labute approximate surface area is 92.3 Å². The zero-order valence-corrected chi connectivity index (χ0v) is 8.90. The number of rotatable bonds is 3. The maximum absolute atomic E-state index is 13.1. The molecule has 0 aliphatic carbocycles. The molecule has 0 radical (unpaired) electrons. The lowest BCUT2D eigenvalue weighted by Crippen LogP contribution is -2.02. The molecular formula is C11H12FN3O. The highest BCUT2D eigenvalue weighted by atomic mass is 19.1. The van der Waals surface area contributed by atoms with Crippen LogP contribution in [0.5, 0.6) is 0 Å². The van der Waals surface area contributed by atoms with E-state index in [1.807, 2.05) is 0 Å². The van der Waals surface area contributed by atoms with Crippen LogP contribution in [0.2, 0.25) is 0 Å². The molecule has 4 nitrogen and oxygen atoms in total. The van der Waals surface area contributed by atoms with Gasteiger partial charge in [-0.05, 0) is 30.7 Å². The van der Waals surface area contributed by atoms with Gasteiger partial charge in [-0.1, -0.05) is 0 Å². The largest absolute Gasteiger partial charge is 0.421 e. The van der Waals surface area contributed by atoms with Crippen LogP contribution >= 0.6 is 0 Å². The van der Waals surface area contributed by atoms with Gasteiger partial charge in [-0.25, -0.2) is 4.39 Å². The van der Waals surface area contributed by atoms with Crippen LogP contribution in [0.25, 0.3) is 11.5 Å². The van der Waals surface area contributed by atoms with E-state index in [0.717, 1.165) is 5.56 Å². The lowest BCUT2D eigenvalue weighted by Gasteiger charge is -1.98. The minimum Gasteiger partial charge on any atom is -0.421 e. The Hall–Kier alpha value is -1.75. The molecule has 1 aromatic carbocycles. The standard InChI is InChI=1S/C11H12FN3O/c1-7-6-8(2-3-9(7)12)11-15-14-10(16-11)4-5-13/h2-3,6H,4-5,13H2,1H3. The first-order chi connectivity index (χ1) is 7.70. The number of aryl methyl sites for hydroxylation is 1. The molecule has 1 heterocycles. The Morgan fingerprint density at radius 1 is 1.38 bits per heavy atom. The van der Waals surface area contributed by atoms with Gasteiger partial charge in [0.1, 0.15) is 5.82 Å². The molecule has 0 spiro atoms. The number of aromatic nitrogens is 2. The van der Waals surface area contributed by atoms with Crippen LogP contribution in [-0.4, -0.2) is 16.7 Å². The number of hydrogen-bond acceptors (Lipinski definition) is 4. The lowest BCUT2D eigenvalue weighted by molar-refractivity contribution is 0.507. The summed E-state index contributed by atoms with van der Waals surface area (Å²) in [5.41, 5.74) is 6.64. The summed E-state index contributed by atoms with van der Waals surface area (Å²) < 4.78 is 18.4. The van der Waals surface area contributed by atoms with Crippen LogP contribution in [-0.2, 0) is 6.42 Å². The van der Waals surface area contributed by atoms with E-state index >= 15 is 0 Å². The molecule has 2 rings (SSSR count). The zero-order valence-electron chi connectivity index (χ0n) is 8.90. The van der Waals surface area contributed by atoms with E-state index in [9.17, 15) is 4.39 Å². The molecule has 5 heteroatoms. The van der Waals surface area contributed by atoms with Gasteiger partial charge in [0.2, 0.25) is 11.8 Å². The molecule has 2 N–H and O–H groups in total. The van der Waals surface area contributed by atoms with Crippen molar-refractivity contribution < 1.29 is 8.81 Å². The Kier molecular flexibility index (Phi) is 2.96. The average molecular weight is 221 g/mol. The summed E-state index contributed by atoms with van der Waals surface area (Å²) >= 11 is 0. The molecule has 0 unspecified atom stereocenters. The van der Waals surface area contributed by atoms with Crippen LogP contribution in [0.15, 0.2) is 22.6 Å². The predicted octanol–water partition coefficient (Wildman–Crippen LogP) is 1.69. The highest BCUT2D eigenvalue weighted by Gasteiger charge is 2.09. The Bertz CT molecular complexity index is 496. The molecule has 84 valence electrons. The van der Waals surface area contributed by atoms with Gasteiger partial charge in [-0.2, -0.15) is 0 Å². The van der Waals surface area contributed by atoms with Gasteiger partial charge in [0, 0.05) is 18.5 Å². The highest BCUT2D eigenvalue weighted by molar-refractivity contribution is 5.53. The predicted molar refractivity (Wildman–Crippen MR) is 57.2 cm³/mol. The van der Waals surface area contributed by atoms with Crippen molar-refractivity contribution in [2.45, 2.75) is 13.3 Å². The van der Waals surface area contributed by atoms with Crippen molar-refractivity contribution in [3.05, 3.63) is 35.5 Å². The van der Waals surface area contributed by atoms with Gasteiger partial charge in [0.15, 0.2) is 0 Å². The minimum absolute atomic E-state index is 0.245. The van der Waals surface area contributed by atoms with Gasteiger partial charge in [-0.3, -0.25) is 0 Å². The summed E-state index contributed by atoms with van der Waals surface area (Å²) in [5, 5.41) is 7.73. The van der Waals surface area contributed by atoms with Gasteiger partial charge < -0.3 is 10.2 Å². The van der Waals surface area contributed by atoms with Crippen LogP contribution in [0.4, 0.5) is 4.39 Å². The zero-order chi connectivity index (χ0) is 11.5. The molecule has 0 atom stereocenters. The van der Waals surface area contributed by atoms with Gasteiger partial charge in [-0.15, -0.1) is 10.2 Å². The SMILES string of the molecule is Cc1cc(-c2nnc(CCN)o2)ccc1F. The van der Waals surface area contributed by atoms with Crippen LogP contribution in [0.1, 0.15) is 11.5 Å². The number of nitrogens with two attached hydrogens (primary N) is 1. The van der Waals surface area contributed by atoms with E-state index in [-0.39, 0.29) is 5.82 Å². The van der Waals surface area contributed by atoms with E-state index in [4.69, 9.17) is 10.2 Å². The monoisotopic (exact) mass is 221 g/mol. The van der Waals surface area contributed by atoms with Gasteiger partial charge in [0.25, 0.3) is 0 Å². The van der Waals surface area contributed by atoms with E-state index in [1.54, 1.807) is 19.1 Å². The first-order valence-corrected chi connectivity index (χ1v) is 4.99. The van der Waals surface area contributed by atoms with E-state index in [1.165, 1.54) is 6.07 Å². The second kappa shape index (κ2) is 4.40. The molecule has 16 heavy (non-hydrogen) atoms. The summed E-state index contributed by atoms with van der Waals surface area (Å²) in [7, 11) is 0. The fourth-order valence-electron chi connectivity index (χ4n) is 1.37. The van der Waals surface area contributed by atoms with Crippen molar-refractivity contribution in [2.75, 3.05) is 6.54 Å². The van der Waals surface area contributed by atoms with Crippen molar-refractivity contribution in [3.8, 4) is 11.5 Å². The number of benzene rings is 1. The van der Waals surface area contributed by atoms with Crippen LogP contribution in [0, 0.1) is 12.7 Å². The number of nitrogens with zero attached hydrogens (tertiary/aromatic N) is 2. The average Bonchev–Trinajstić information content (AvgIpc) is 2.71. The Morgan fingerprint density at radius 3 is 2.88 bits per heavy atom. The molecule has 0 aliphatic heterocycles. The molecular weight excluding hydrogens is 209 g/mol. The fourth-order valence-corrected chi connectivity index (χ4v) is 1.37. The number of halogens is 1. The molecule has 0 fully saturated rings. The van der Waals surface area contributed by atoms with Crippen molar-refractivity contribution in [1.29, 1.82) is 0 Å². The Balaban J connectivity index is 2.31. The maximum Gasteiger partial charge on any atom is 0.247 e. The number of hydrogen-bond donors (Lipinski definition) is 1. The molecule has 0 amide bonds. The normalized spacial score (nSPS) is 10.7. The third-order valence-electron chi connectivity index (χ3n) is 2.23. The first kappa shape index (κ1) is 10.8. The summed E-state index contributed by atoms with van der Waals surface area (Å²) in [5.74, 6) is 0.650. The van der Waals surface area contributed by atoms with E-state index in [0.29, 0.717) is 30.3 Å². The van der Waals surface area contributed by atoms with E-state index < -0.39 is 0 Å². The van der Waals surface area contributed by atoms with Crippen molar-refractivity contribution >= 4 is 0 Å². The summed E-state index contributed by atoms with van der Waals surface area (Å²) in [6, 6.07) is 4.68. The van der Waals surface area contributed by atoms with Crippen molar-refractivity contribution in [2.24, 2.45) is 5.73 Å². The topological polar surface area (TPSA) is 64.9 Å². The van der Waals surface area contributed by atoms with Crippen molar-refractivity contribution in [3.63, 3.8) is 0 Å². The van der Waals surface area contributed by atoms with E-state index in [2.05, 4.69) is 10.2 Å². The maximum atomic E-state index is 13.1. The first-order valence-electron chi connectivity index (χ1n) is 4.99. The summed E-state index contributed by atoms with van der Waals surface area (Å²) in [4.78, 5) is 0. The van der Waals surface area contributed by atoms with Gasteiger partial charge >= 0.3 is 0 Å². The van der Waals surface area contributed by atoms with Gasteiger partial charge in [0.05, 0.1) is 0 Å². The quantitative estimate of drug-likeness (QED) is 0.856. The molecule has 2 aromatic rings. The molecule has 0 saturated heterocycles. The van der Waals surface area contributed by atoms with Crippen LogP contribution in [0.3, 0.4) is 0 Å². The fraction of sp³-hybridized carbons (Fsp3) is 0.273. The second-order valence-corrected chi connectivity index (χ2v) is 3.50. The minimum atomic E-state index is -0.245. The summed E-state index contributed by atoms with van der Waals surface area (Å²) in [6.07, 6.45) is 0.549. The smallest absolute Gasteiger partial charge is 0.247 e. The molecule has 1 aromatic heterocycles.